The van der Waals surface area contributed by atoms with E-state index in [0.29, 0.717) is 12.2 Å². The van der Waals surface area contributed by atoms with Crippen LogP contribution in [-0.2, 0) is 0 Å². The predicted octanol–water partition coefficient (Wildman–Crippen LogP) is 1.97. The lowest BCUT2D eigenvalue weighted by Gasteiger charge is -2.32. The fourth-order valence-corrected chi connectivity index (χ4v) is 1.45. The molecule has 20 heavy (non-hydrogen) atoms. The first-order valence-corrected chi connectivity index (χ1v) is 7.02. The monoisotopic (exact) mass is 278 g/mol. The van der Waals surface area contributed by atoms with Crippen molar-refractivity contribution in [2.45, 2.75) is 32.7 Å². The molecule has 0 aromatic carbocycles. The molecule has 0 saturated heterocycles. The molecule has 0 bridgehead atoms. The van der Waals surface area contributed by atoms with Crippen molar-refractivity contribution in [2.75, 3.05) is 32.5 Å². The summed E-state index contributed by atoms with van der Waals surface area (Å²) in [6.07, 6.45) is 2.75. The van der Waals surface area contributed by atoms with Crippen molar-refractivity contribution >= 4 is 11.6 Å². The van der Waals surface area contributed by atoms with E-state index >= 15 is 0 Å². The number of likely N-dealkylation sites (N-methyl/N-ethyl adjacent to an activating group) is 1. The Hall–Kier alpha value is -1.62. The number of aromatic nitrogens is 1. The van der Waals surface area contributed by atoms with Crippen LogP contribution in [0.4, 0.5) is 5.69 Å². The number of hydrogen-bond acceptors (Lipinski definition) is 4. The minimum absolute atomic E-state index is 0.0850. The van der Waals surface area contributed by atoms with Gasteiger partial charge in [-0.2, -0.15) is 0 Å². The number of nitrogens with one attached hydrogen (secondary N) is 2. The molecule has 1 rings (SSSR count). The van der Waals surface area contributed by atoms with E-state index in [9.17, 15) is 4.79 Å². The van der Waals surface area contributed by atoms with Crippen molar-refractivity contribution in [1.29, 1.82) is 0 Å². The van der Waals surface area contributed by atoms with Crippen LogP contribution in [0.15, 0.2) is 18.3 Å². The Kier molecular flexibility index (Phi) is 5.95. The Bertz CT molecular complexity index is 426. The third kappa shape index (κ3) is 4.81. The average Bonchev–Trinajstić information content (AvgIpc) is 2.43. The van der Waals surface area contributed by atoms with Gasteiger partial charge in [0.2, 0.25) is 0 Å². The van der Waals surface area contributed by atoms with Gasteiger partial charge in [0.05, 0.1) is 11.9 Å². The van der Waals surface area contributed by atoms with E-state index in [4.69, 9.17) is 0 Å². The van der Waals surface area contributed by atoms with Crippen molar-refractivity contribution in [1.82, 2.24) is 15.2 Å². The molecule has 0 unspecified atom stereocenters. The number of rotatable bonds is 7. The molecule has 0 saturated carbocycles. The van der Waals surface area contributed by atoms with Crippen LogP contribution in [0, 0.1) is 0 Å². The van der Waals surface area contributed by atoms with E-state index in [1.165, 1.54) is 0 Å². The molecular weight excluding hydrogens is 252 g/mol. The summed E-state index contributed by atoms with van der Waals surface area (Å²) in [6.45, 7) is 7.76. The Labute approximate surface area is 121 Å². The molecule has 112 valence electrons. The lowest BCUT2D eigenvalue weighted by atomic mass is 10.0. The molecule has 5 heteroatoms. The van der Waals surface area contributed by atoms with Crippen LogP contribution in [0.5, 0.6) is 0 Å². The van der Waals surface area contributed by atoms with Gasteiger partial charge >= 0.3 is 0 Å². The van der Waals surface area contributed by atoms with Crippen LogP contribution in [0.25, 0.3) is 0 Å². The van der Waals surface area contributed by atoms with Crippen LogP contribution in [0.3, 0.4) is 0 Å². The molecule has 5 nitrogen and oxygen atoms in total. The number of anilines is 1. The van der Waals surface area contributed by atoms with Crippen LogP contribution in [0.2, 0.25) is 0 Å². The van der Waals surface area contributed by atoms with Gasteiger partial charge in [0.25, 0.3) is 5.91 Å². The highest BCUT2D eigenvalue weighted by Gasteiger charge is 2.21. The summed E-state index contributed by atoms with van der Waals surface area (Å²) in [5.74, 6) is -0.137. The molecule has 1 aromatic rings. The largest absolute Gasteiger partial charge is 0.384 e. The molecule has 0 aliphatic carbocycles. The molecule has 1 aromatic heterocycles. The molecule has 1 heterocycles. The van der Waals surface area contributed by atoms with Gasteiger partial charge in [-0.15, -0.1) is 0 Å². The van der Waals surface area contributed by atoms with Crippen LogP contribution in [-0.4, -0.2) is 48.5 Å². The Morgan fingerprint density at radius 3 is 2.55 bits per heavy atom. The highest BCUT2D eigenvalue weighted by atomic mass is 16.1. The van der Waals surface area contributed by atoms with Crippen molar-refractivity contribution < 1.29 is 4.79 Å². The van der Waals surface area contributed by atoms with Crippen molar-refractivity contribution in [2.24, 2.45) is 0 Å². The van der Waals surface area contributed by atoms with Crippen molar-refractivity contribution in [3.63, 3.8) is 0 Å². The number of pyridine rings is 1. The second-order valence-corrected chi connectivity index (χ2v) is 5.75. The summed E-state index contributed by atoms with van der Waals surface area (Å²) in [5.41, 5.74) is 1.30. The first-order valence-electron chi connectivity index (χ1n) is 7.02. The van der Waals surface area contributed by atoms with Crippen LogP contribution in [0.1, 0.15) is 37.7 Å². The maximum atomic E-state index is 12.0. The molecular formula is C15H26N4O. The summed E-state index contributed by atoms with van der Waals surface area (Å²) < 4.78 is 0. The summed E-state index contributed by atoms with van der Waals surface area (Å²) in [6, 6.07) is 3.63. The Morgan fingerprint density at radius 1 is 1.35 bits per heavy atom. The smallest absolute Gasteiger partial charge is 0.269 e. The minimum atomic E-state index is -0.137. The van der Waals surface area contributed by atoms with Gasteiger partial charge in [-0.1, -0.05) is 6.92 Å². The summed E-state index contributed by atoms with van der Waals surface area (Å²) in [7, 11) is 4.00. The molecule has 0 spiro atoms. The van der Waals surface area contributed by atoms with E-state index in [1.54, 1.807) is 12.3 Å². The zero-order valence-electron chi connectivity index (χ0n) is 13.2. The number of nitrogens with zero attached hydrogens (tertiary/aromatic N) is 2. The van der Waals surface area contributed by atoms with Gasteiger partial charge < -0.3 is 15.5 Å². The van der Waals surface area contributed by atoms with E-state index in [2.05, 4.69) is 41.3 Å². The summed E-state index contributed by atoms with van der Waals surface area (Å²) in [5, 5.41) is 6.15. The number of amides is 1. The molecule has 1 amide bonds. The normalized spacial score (nSPS) is 11.5. The van der Waals surface area contributed by atoms with E-state index in [1.807, 2.05) is 20.2 Å². The maximum absolute atomic E-state index is 12.0. The number of hydrogen-bond donors (Lipinski definition) is 2. The molecule has 2 N–H and O–H groups in total. The molecule has 0 aliphatic rings. The molecule has 0 radical (unpaired) electrons. The third-order valence-electron chi connectivity index (χ3n) is 3.47. The van der Waals surface area contributed by atoms with Crippen LogP contribution >= 0.6 is 0 Å². The van der Waals surface area contributed by atoms with Gasteiger partial charge in [-0.25, -0.2) is 4.98 Å². The first-order chi connectivity index (χ1) is 9.36. The van der Waals surface area contributed by atoms with Gasteiger partial charge in [0, 0.05) is 18.6 Å². The van der Waals surface area contributed by atoms with Crippen molar-refractivity contribution in [3.05, 3.63) is 24.0 Å². The second-order valence-electron chi connectivity index (χ2n) is 5.75. The maximum Gasteiger partial charge on any atom is 0.269 e. The Balaban J connectivity index is 2.56. The molecule has 0 aliphatic heterocycles. The number of carbonyl (C=O) groups is 1. The second kappa shape index (κ2) is 7.24. The Morgan fingerprint density at radius 2 is 2.05 bits per heavy atom. The zero-order chi connectivity index (χ0) is 15.2. The summed E-state index contributed by atoms with van der Waals surface area (Å²) in [4.78, 5) is 18.3. The van der Waals surface area contributed by atoms with Crippen molar-refractivity contribution in [3.8, 4) is 0 Å². The lowest BCUT2D eigenvalue weighted by molar-refractivity contribution is 0.0915. The fourth-order valence-electron chi connectivity index (χ4n) is 1.45. The topological polar surface area (TPSA) is 57.3 Å². The van der Waals surface area contributed by atoms with Gasteiger partial charge in [-0.05, 0) is 46.5 Å². The van der Waals surface area contributed by atoms with Gasteiger partial charge in [0.15, 0.2) is 0 Å². The van der Waals surface area contributed by atoms with Crippen LogP contribution < -0.4 is 10.6 Å². The van der Waals surface area contributed by atoms with Gasteiger partial charge in [0.1, 0.15) is 5.69 Å². The first kappa shape index (κ1) is 16.4. The van der Waals surface area contributed by atoms with E-state index in [-0.39, 0.29) is 11.4 Å². The highest BCUT2D eigenvalue weighted by Crippen LogP contribution is 2.09. The standard InChI is InChI=1S/C15H26N4O/c1-6-9-16-12-7-8-13(17-10-12)14(20)18-11-15(2,3)19(4)5/h7-8,10,16H,6,9,11H2,1-5H3,(H,18,20). The lowest BCUT2D eigenvalue weighted by Crippen LogP contribution is -2.48. The highest BCUT2D eigenvalue weighted by molar-refractivity contribution is 5.92. The number of carbonyl (C=O) groups excluding carboxylic acids is 1. The minimum Gasteiger partial charge on any atom is -0.384 e. The summed E-state index contributed by atoms with van der Waals surface area (Å²) >= 11 is 0. The average molecular weight is 278 g/mol. The predicted molar refractivity (Wildman–Crippen MR) is 83.1 cm³/mol. The molecule has 0 fully saturated rings. The quantitative estimate of drug-likeness (QED) is 0.800. The van der Waals surface area contributed by atoms with E-state index < -0.39 is 0 Å². The van der Waals surface area contributed by atoms with Gasteiger partial charge in [-0.3, -0.25) is 4.79 Å². The fraction of sp³-hybridized carbons (Fsp3) is 0.600. The third-order valence-corrected chi connectivity index (χ3v) is 3.47. The van der Waals surface area contributed by atoms with E-state index in [0.717, 1.165) is 18.7 Å². The zero-order valence-corrected chi connectivity index (χ0v) is 13.2. The SMILES string of the molecule is CCCNc1ccc(C(=O)NCC(C)(C)N(C)C)nc1. The molecule has 0 atom stereocenters.